The second-order valence-electron chi connectivity index (χ2n) is 6.71. The highest BCUT2D eigenvalue weighted by Gasteiger charge is 2.16. The van der Waals surface area contributed by atoms with E-state index >= 15 is 0 Å². The van der Waals surface area contributed by atoms with Crippen molar-refractivity contribution in [3.63, 3.8) is 0 Å². The smallest absolute Gasteiger partial charge is 0.233 e. The molecule has 0 radical (unpaired) electrons. The maximum Gasteiger partial charge on any atom is 0.233 e. The van der Waals surface area contributed by atoms with Crippen molar-refractivity contribution in [2.45, 2.75) is 18.1 Å². The predicted molar refractivity (Wildman–Crippen MR) is 117 cm³/mol. The molecule has 4 nitrogen and oxygen atoms in total. The molecule has 0 aliphatic carbocycles. The molecular formula is C24H21N3OS. The van der Waals surface area contributed by atoms with Crippen molar-refractivity contribution in [1.82, 2.24) is 14.9 Å². The molecule has 0 bridgehead atoms. The summed E-state index contributed by atoms with van der Waals surface area (Å²) in [6.45, 7) is 1.17. The van der Waals surface area contributed by atoms with Gasteiger partial charge >= 0.3 is 0 Å². The van der Waals surface area contributed by atoms with Crippen LogP contribution in [-0.2, 0) is 17.9 Å². The lowest BCUT2D eigenvalue weighted by Gasteiger charge is -2.23. The van der Waals surface area contributed by atoms with Crippen LogP contribution in [0.3, 0.4) is 0 Å². The number of amides is 1. The van der Waals surface area contributed by atoms with Crippen LogP contribution in [0.5, 0.6) is 0 Å². The lowest BCUT2D eigenvalue weighted by molar-refractivity contribution is -0.129. The fraction of sp³-hybridized carbons (Fsp3) is 0.125. The highest BCUT2D eigenvalue weighted by molar-refractivity contribution is 8.00. The van der Waals surface area contributed by atoms with Crippen molar-refractivity contribution in [2.75, 3.05) is 5.75 Å². The SMILES string of the molecule is O=C(CSc1ncnc2ccccc12)N(Cc1ccccc1)Cc1ccccc1. The summed E-state index contributed by atoms with van der Waals surface area (Å²) in [7, 11) is 0. The number of carbonyl (C=O) groups excluding carboxylic acids is 1. The monoisotopic (exact) mass is 399 g/mol. The van der Waals surface area contributed by atoms with Crippen molar-refractivity contribution >= 4 is 28.6 Å². The number of hydrogen-bond acceptors (Lipinski definition) is 4. The number of hydrogen-bond donors (Lipinski definition) is 0. The van der Waals surface area contributed by atoms with E-state index in [1.54, 1.807) is 6.33 Å². The van der Waals surface area contributed by atoms with Crippen LogP contribution in [-0.4, -0.2) is 26.5 Å². The minimum atomic E-state index is 0.0883. The molecule has 1 amide bonds. The number of thioether (sulfide) groups is 1. The van der Waals surface area contributed by atoms with Gasteiger partial charge in [-0.1, -0.05) is 90.6 Å². The molecule has 0 atom stereocenters. The maximum atomic E-state index is 13.1. The van der Waals surface area contributed by atoms with Crippen molar-refractivity contribution < 1.29 is 4.79 Å². The Kier molecular flexibility index (Phi) is 6.17. The van der Waals surface area contributed by atoms with Gasteiger partial charge in [0, 0.05) is 18.5 Å². The van der Waals surface area contributed by atoms with Gasteiger partial charge in [0.2, 0.25) is 5.91 Å². The highest BCUT2D eigenvalue weighted by atomic mass is 32.2. The highest BCUT2D eigenvalue weighted by Crippen LogP contribution is 2.25. The Morgan fingerprint density at radius 3 is 2.00 bits per heavy atom. The molecule has 0 fully saturated rings. The van der Waals surface area contributed by atoms with Gasteiger partial charge < -0.3 is 4.90 Å². The molecule has 0 N–H and O–H groups in total. The first-order chi connectivity index (χ1) is 14.3. The third-order valence-corrected chi connectivity index (χ3v) is 5.61. The standard InChI is InChI=1S/C24H21N3OS/c28-23(17-29-24-21-13-7-8-14-22(21)25-18-26-24)27(15-19-9-3-1-4-10-19)16-20-11-5-2-6-12-20/h1-14,18H,15-17H2. The number of fused-ring (bicyclic) bond motifs is 1. The van der Waals surface area contributed by atoms with Crippen LogP contribution < -0.4 is 0 Å². The Hall–Kier alpha value is -3.18. The number of carbonyl (C=O) groups is 1. The van der Waals surface area contributed by atoms with Gasteiger partial charge in [-0.05, 0) is 17.2 Å². The van der Waals surface area contributed by atoms with Gasteiger partial charge in [-0.25, -0.2) is 9.97 Å². The van der Waals surface area contributed by atoms with Crippen LogP contribution in [0.15, 0.2) is 96.3 Å². The van der Waals surface area contributed by atoms with E-state index in [-0.39, 0.29) is 5.91 Å². The second kappa shape index (κ2) is 9.34. The Morgan fingerprint density at radius 1 is 0.759 bits per heavy atom. The van der Waals surface area contributed by atoms with Gasteiger partial charge in [0.15, 0.2) is 0 Å². The van der Waals surface area contributed by atoms with Crippen molar-refractivity contribution in [3.05, 3.63) is 102 Å². The van der Waals surface area contributed by atoms with Gasteiger partial charge in [0.05, 0.1) is 11.3 Å². The van der Waals surface area contributed by atoms with Crippen LogP contribution in [0.2, 0.25) is 0 Å². The Bertz CT molecular complexity index is 1040. The molecule has 0 unspecified atom stereocenters. The van der Waals surface area contributed by atoms with Crippen molar-refractivity contribution in [3.8, 4) is 0 Å². The molecule has 0 spiro atoms. The summed E-state index contributed by atoms with van der Waals surface area (Å²) in [4.78, 5) is 23.7. The van der Waals surface area contributed by atoms with E-state index in [1.165, 1.54) is 11.8 Å². The molecule has 1 heterocycles. The van der Waals surface area contributed by atoms with Crippen LogP contribution >= 0.6 is 11.8 Å². The van der Waals surface area contributed by atoms with Crippen LogP contribution in [0, 0.1) is 0 Å². The number of benzene rings is 3. The molecule has 29 heavy (non-hydrogen) atoms. The summed E-state index contributed by atoms with van der Waals surface area (Å²) in [5, 5.41) is 1.81. The molecule has 0 saturated carbocycles. The summed E-state index contributed by atoms with van der Waals surface area (Å²) in [6.07, 6.45) is 1.56. The summed E-state index contributed by atoms with van der Waals surface area (Å²) in [6, 6.07) is 28.1. The molecule has 3 aromatic carbocycles. The zero-order valence-electron chi connectivity index (χ0n) is 15.9. The lowest BCUT2D eigenvalue weighted by atomic mass is 10.1. The van der Waals surface area contributed by atoms with Crippen molar-refractivity contribution in [2.24, 2.45) is 0 Å². The van der Waals surface area contributed by atoms with E-state index in [0.717, 1.165) is 27.1 Å². The summed E-state index contributed by atoms with van der Waals surface area (Å²) >= 11 is 1.47. The Balaban J connectivity index is 1.51. The van der Waals surface area contributed by atoms with Crippen LogP contribution in [0.4, 0.5) is 0 Å². The average molecular weight is 400 g/mol. The topological polar surface area (TPSA) is 46.1 Å². The lowest BCUT2D eigenvalue weighted by Crippen LogP contribution is -2.31. The van der Waals surface area contributed by atoms with E-state index in [0.29, 0.717) is 18.8 Å². The molecule has 0 aliphatic heterocycles. The normalized spacial score (nSPS) is 10.8. The number of aromatic nitrogens is 2. The van der Waals surface area contributed by atoms with E-state index in [1.807, 2.05) is 65.6 Å². The molecule has 0 aliphatic rings. The number of para-hydroxylation sites is 1. The molecule has 1 aromatic heterocycles. The zero-order chi connectivity index (χ0) is 19.9. The van der Waals surface area contributed by atoms with Crippen molar-refractivity contribution in [1.29, 1.82) is 0 Å². The fourth-order valence-corrected chi connectivity index (χ4v) is 4.05. The average Bonchev–Trinajstić information content (AvgIpc) is 2.78. The zero-order valence-corrected chi connectivity index (χ0v) is 16.8. The summed E-state index contributed by atoms with van der Waals surface area (Å²) < 4.78 is 0. The van der Waals surface area contributed by atoms with E-state index in [2.05, 4.69) is 34.2 Å². The number of nitrogens with zero attached hydrogens (tertiary/aromatic N) is 3. The third-order valence-electron chi connectivity index (χ3n) is 4.62. The van der Waals surface area contributed by atoms with E-state index < -0.39 is 0 Å². The van der Waals surface area contributed by atoms with Gasteiger partial charge in [0.25, 0.3) is 0 Å². The summed E-state index contributed by atoms with van der Waals surface area (Å²) in [5.74, 6) is 0.422. The first-order valence-electron chi connectivity index (χ1n) is 9.48. The van der Waals surface area contributed by atoms with E-state index in [4.69, 9.17) is 0 Å². The largest absolute Gasteiger partial charge is 0.333 e. The first kappa shape index (κ1) is 19.2. The predicted octanol–water partition coefficient (Wildman–Crippen LogP) is 4.95. The first-order valence-corrected chi connectivity index (χ1v) is 10.5. The third kappa shape index (κ3) is 5.00. The summed E-state index contributed by atoms with van der Waals surface area (Å²) in [5.41, 5.74) is 3.13. The maximum absolute atomic E-state index is 13.1. The second-order valence-corrected chi connectivity index (χ2v) is 7.67. The minimum Gasteiger partial charge on any atom is -0.333 e. The molecular weight excluding hydrogens is 378 g/mol. The molecule has 4 aromatic rings. The quantitative estimate of drug-likeness (QED) is 0.326. The molecule has 4 rings (SSSR count). The molecule has 5 heteroatoms. The molecule has 0 saturated heterocycles. The Morgan fingerprint density at radius 2 is 1.34 bits per heavy atom. The minimum absolute atomic E-state index is 0.0883. The van der Waals surface area contributed by atoms with Gasteiger partial charge in [-0.3, -0.25) is 4.79 Å². The van der Waals surface area contributed by atoms with Gasteiger partial charge in [-0.2, -0.15) is 0 Å². The van der Waals surface area contributed by atoms with Gasteiger partial charge in [0.1, 0.15) is 11.4 Å². The number of rotatable bonds is 7. The van der Waals surface area contributed by atoms with E-state index in [9.17, 15) is 4.79 Å². The Labute approximate surface area is 174 Å². The fourth-order valence-electron chi connectivity index (χ4n) is 3.16. The van der Waals surface area contributed by atoms with Crippen LogP contribution in [0.25, 0.3) is 10.9 Å². The molecule has 144 valence electrons. The van der Waals surface area contributed by atoms with Gasteiger partial charge in [-0.15, -0.1) is 0 Å². The van der Waals surface area contributed by atoms with Crippen LogP contribution in [0.1, 0.15) is 11.1 Å².